The van der Waals surface area contributed by atoms with Crippen molar-refractivity contribution in [3.63, 3.8) is 0 Å². The summed E-state index contributed by atoms with van der Waals surface area (Å²) in [6, 6.07) is 0. The first-order chi connectivity index (χ1) is 7.84. The number of thioether (sulfide) groups is 1. The maximum Gasteiger partial charge on any atom is 0.185 e. The van der Waals surface area contributed by atoms with Crippen LogP contribution in [0.3, 0.4) is 0 Å². The lowest BCUT2D eigenvalue weighted by atomic mass is 10.2. The van der Waals surface area contributed by atoms with E-state index in [1.54, 1.807) is 18.1 Å². The number of rotatable bonds is 9. The van der Waals surface area contributed by atoms with Crippen molar-refractivity contribution in [1.29, 1.82) is 0 Å². The first-order valence-electron chi connectivity index (χ1n) is 6.02. The van der Waals surface area contributed by atoms with Crippen molar-refractivity contribution in [2.45, 2.75) is 37.8 Å². The van der Waals surface area contributed by atoms with E-state index >= 15 is 0 Å². The number of nitrogens with zero attached hydrogens (tertiary/aromatic N) is 3. The van der Waals surface area contributed by atoms with Crippen molar-refractivity contribution < 1.29 is 0 Å². The normalized spacial score (nSPS) is 10.9. The van der Waals surface area contributed by atoms with Crippen LogP contribution in [0.1, 0.15) is 32.6 Å². The second kappa shape index (κ2) is 8.58. The molecule has 1 N–H and O–H groups in total. The molecule has 1 rings (SSSR count). The van der Waals surface area contributed by atoms with Crippen LogP contribution in [0.4, 0.5) is 0 Å². The van der Waals surface area contributed by atoms with Gasteiger partial charge >= 0.3 is 0 Å². The van der Waals surface area contributed by atoms with E-state index in [0.29, 0.717) is 0 Å². The number of nitrogens with one attached hydrogen (secondary N) is 1. The van der Waals surface area contributed by atoms with Gasteiger partial charge in [0.2, 0.25) is 0 Å². The molecule has 0 saturated carbocycles. The lowest BCUT2D eigenvalue weighted by Crippen LogP contribution is -2.18. The zero-order valence-corrected chi connectivity index (χ0v) is 11.1. The Labute approximate surface area is 102 Å². The number of aryl methyl sites for hydroxylation is 1. The van der Waals surface area contributed by atoms with Crippen LogP contribution < -0.4 is 5.32 Å². The molecule has 16 heavy (non-hydrogen) atoms. The molecular formula is C11H22N4S. The van der Waals surface area contributed by atoms with Gasteiger partial charge in [0.25, 0.3) is 0 Å². The molecule has 1 aromatic heterocycles. The predicted octanol–water partition coefficient (Wildman–Crippen LogP) is 2.08. The quantitative estimate of drug-likeness (QED) is 0.532. The number of hydrogen-bond donors (Lipinski definition) is 1. The molecule has 0 saturated heterocycles. The zero-order chi connectivity index (χ0) is 11.6. The maximum atomic E-state index is 4.16. The molecule has 5 heteroatoms. The summed E-state index contributed by atoms with van der Waals surface area (Å²) in [5, 5.41) is 8.47. The van der Waals surface area contributed by atoms with Gasteiger partial charge in [-0.3, -0.25) is 0 Å². The fraction of sp³-hybridized carbons (Fsp3) is 0.818. The minimum atomic E-state index is 0.993. The molecule has 0 amide bonds. The van der Waals surface area contributed by atoms with Gasteiger partial charge in [-0.25, -0.2) is 9.67 Å². The summed E-state index contributed by atoms with van der Waals surface area (Å²) >= 11 is 1.75. The van der Waals surface area contributed by atoms with Gasteiger partial charge in [0.1, 0.15) is 6.33 Å². The van der Waals surface area contributed by atoms with Crippen LogP contribution in [-0.4, -0.2) is 33.6 Å². The van der Waals surface area contributed by atoms with Gasteiger partial charge in [0, 0.05) is 19.3 Å². The maximum absolute atomic E-state index is 4.16. The van der Waals surface area contributed by atoms with Crippen LogP contribution in [0.15, 0.2) is 11.5 Å². The van der Waals surface area contributed by atoms with Crippen molar-refractivity contribution in [3.05, 3.63) is 6.33 Å². The summed E-state index contributed by atoms with van der Waals surface area (Å²) in [6.07, 6.45) is 6.90. The van der Waals surface area contributed by atoms with E-state index in [2.05, 4.69) is 22.3 Å². The lowest BCUT2D eigenvalue weighted by molar-refractivity contribution is 0.612. The Balaban J connectivity index is 1.91. The van der Waals surface area contributed by atoms with Crippen LogP contribution in [-0.2, 0) is 7.05 Å². The van der Waals surface area contributed by atoms with E-state index < -0.39 is 0 Å². The van der Waals surface area contributed by atoms with Crippen LogP contribution in [0.2, 0.25) is 0 Å². The molecule has 0 bridgehead atoms. The Morgan fingerprint density at radius 1 is 1.31 bits per heavy atom. The molecule has 0 aromatic carbocycles. The second-order valence-electron chi connectivity index (χ2n) is 3.83. The van der Waals surface area contributed by atoms with Gasteiger partial charge in [0.05, 0.1) is 0 Å². The third kappa shape index (κ3) is 5.51. The lowest BCUT2D eigenvalue weighted by Gasteiger charge is -2.03. The highest BCUT2D eigenvalue weighted by Crippen LogP contribution is 2.11. The van der Waals surface area contributed by atoms with Gasteiger partial charge in [-0.2, -0.15) is 5.10 Å². The zero-order valence-electron chi connectivity index (χ0n) is 10.3. The van der Waals surface area contributed by atoms with Crippen molar-refractivity contribution in [2.75, 3.05) is 18.8 Å². The van der Waals surface area contributed by atoms with E-state index in [9.17, 15) is 0 Å². The van der Waals surface area contributed by atoms with Crippen LogP contribution in [0, 0.1) is 0 Å². The summed E-state index contributed by atoms with van der Waals surface area (Å²) in [4.78, 5) is 4.16. The molecule has 0 aliphatic heterocycles. The summed E-state index contributed by atoms with van der Waals surface area (Å²) in [7, 11) is 1.92. The number of aromatic nitrogens is 3. The molecule has 0 spiro atoms. The van der Waals surface area contributed by atoms with E-state index in [1.807, 2.05) is 11.7 Å². The monoisotopic (exact) mass is 242 g/mol. The molecule has 1 heterocycles. The molecule has 0 unspecified atom stereocenters. The van der Waals surface area contributed by atoms with Gasteiger partial charge in [-0.1, -0.05) is 37.9 Å². The Kier molecular flexibility index (Phi) is 7.25. The van der Waals surface area contributed by atoms with E-state index in [0.717, 1.165) is 24.0 Å². The van der Waals surface area contributed by atoms with Gasteiger partial charge in [-0.05, 0) is 13.0 Å². The minimum Gasteiger partial charge on any atom is -0.316 e. The fourth-order valence-corrected chi connectivity index (χ4v) is 2.22. The largest absolute Gasteiger partial charge is 0.316 e. The molecule has 1 aromatic rings. The van der Waals surface area contributed by atoms with E-state index in [4.69, 9.17) is 0 Å². The van der Waals surface area contributed by atoms with Crippen molar-refractivity contribution in [2.24, 2.45) is 7.05 Å². The molecule has 0 aliphatic carbocycles. The Bertz CT molecular complexity index is 275. The highest BCUT2D eigenvalue weighted by Gasteiger charge is 1.99. The van der Waals surface area contributed by atoms with Crippen LogP contribution in [0.25, 0.3) is 0 Å². The van der Waals surface area contributed by atoms with Gasteiger partial charge < -0.3 is 5.32 Å². The molecule has 0 radical (unpaired) electrons. The van der Waals surface area contributed by atoms with Crippen molar-refractivity contribution >= 4 is 11.8 Å². The minimum absolute atomic E-state index is 0.993. The molecule has 4 nitrogen and oxygen atoms in total. The molecule has 92 valence electrons. The third-order valence-corrected chi connectivity index (χ3v) is 3.42. The summed E-state index contributed by atoms with van der Waals surface area (Å²) in [5.74, 6) is 1.06. The smallest absolute Gasteiger partial charge is 0.185 e. The fourth-order valence-electron chi connectivity index (χ4n) is 1.43. The topological polar surface area (TPSA) is 42.7 Å². The summed E-state index contributed by atoms with van der Waals surface area (Å²) in [5.41, 5.74) is 0. The standard InChI is InChI=1S/C11H22N4S/c1-3-4-5-6-7-12-8-9-16-11-13-10-14-15(11)2/h10,12H,3-9H2,1-2H3. The first-order valence-corrected chi connectivity index (χ1v) is 7.00. The summed E-state index contributed by atoms with van der Waals surface area (Å²) < 4.78 is 1.81. The average molecular weight is 242 g/mol. The average Bonchev–Trinajstić information content (AvgIpc) is 2.68. The Morgan fingerprint density at radius 2 is 2.19 bits per heavy atom. The molecule has 0 fully saturated rings. The summed E-state index contributed by atoms with van der Waals surface area (Å²) in [6.45, 7) is 4.42. The van der Waals surface area contributed by atoms with Crippen molar-refractivity contribution in [3.8, 4) is 0 Å². The predicted molar refractivity (Wildman–Crippen MR) is 68.7 cm³/mol. The molecule has 0 atom stereocenters. The Morgan fingerprint density at radius 3 is 2.88 bits per heavy atom. The highest BCUT2D eigenvalue weighted by molar-refractivity contribution is 7.99. The van der Waals surface area contributed by atoms with Gasteiger partial charge in [-0.15, -0.1) is 0 Å². The second-order valence-corrected chi connectivity index (χ2v) is 4.89. The van der Waals surface area contributed by atoms with Crippen LogP contribution >= 0.6 is 11.8 Å². The van der Waals surface area contributed by atoms with Crippen LogP contribution in [0.5, 0.6) is 0 Å². The van der Waals surface area contributed by atoms with Gasteiger partial charge in [0.15, 0.2) is 5.16 Å². The third-order valence-electron chi connectivity index (χ3n) is 2.39. The number of hydrogen-bond acceptors (Lipinski definition) is 4. The SMILES string of the molecule is CCCCCCNCCSc1ncnn1C. The van der Waals surface area contributed by atoms with E-state index in [1.165, 1.54) is 25.7 Å². The molecule has 0 aliphatic rings. The van der Waals surface area contributed by atoms with Crippen molar-refractivity contribution in [1.82, 2.24) is 20.1 Å². The highest BCUT2D eigenvalue weighted by atomic mass is 32.2. The van der Waals surface area contributed by atoms with E-state index in [-0.39, 0.29) is 0 Å². The number of unbranched alkanes of at least 4 members (excludes halogenated alkanes) is 3. The molecular weight excluding hydrogens is 220 g/mol. The Hall–Kier alpha value is -0.550. The first kappa shape index (κ1) is 13.5.